The molecule has 0 unspecified atom stereocenters. The van der Waals surface area contributed by atoms with Crippen LogP contribution in [0.5, 0.6) is 0 Å². The summed E-state index contributed by atoms with van der Waals surface area (Å²) in [6, 6.07) is 0. The number of aliphatic hydroxyl groups excluding tert-OH is 2. The van der Waals surface area contributed by atoms with Crippen molar-refractivity contribution < 1.29 is 10.2 Å². The van der Waals surface area contributed by atoms with Gasteiger partial charge in [-0.3, -0.25) is 0 Å². The van der Waals surface area contributed by atoms with Gasteiger partial charge in [0.05, 0.1) is 13.2 Å². The van der Waals surface area contributed by atoms with E-state index in [0.717, 1.165) is 0 Å². The van der Waals surface area contributed by atoms with E-state index in [9.17, 15) is 0 Å². The van der Waals surface area contributed by atoms with E-state index < -0.39 is 0 Å². The zero-order valence-corrected chi connectivity index (χ0v) is 5.17. The summed E-state index contributed by atoms with van der Waals surface area (Å²) in [6.07, 6.45) is 0. The SMILES string of the molecule is C[15N](CCO)CCO. The Labute approximate surface area is 49.5 Å². The Morgan fingerprint density at radius 2 is 1.50 bits per heavy atom. The number of hydrogen-bond donors (Lipinski definition) is 2. The number of hydrogen-bond acceptors (Lipinski definition) is 3. The first-order valence-corrected chi connectivity index (χ1v) is 2.71. The van der Waals surface area contributed by atoms with Gasteiger partial charge in [0.2, 0.25) is 0 Å². The van der Waals surface area contributed by atoms with Crippen LogP contribution in [0.2, 0.25) is 0 Å². The van der Waals surface area contributed by atoms with Gasteiger partial charge in [0, 0.05) is 13.1 Å². The molecular weight excluding hydrogens is 107 g/mol. The van der Waals surface area contributed by atoms with Crippen LogP contribution < -0.4 is 0 Å². The molecule has 2 N–H and O–H groups in total. The number of nitrogens with zero attached hydrogens (tertiary/aromatic N) is 1. The summed E-state index contributed by atoms with van der Waals surface area (Å²) in [5, 5.41) is 16.7. The molecule has 0 aromatic carbocycles. The average molecular weight is 120 g/mol. The number of rotatable bonds is 4. The molecule has 0 aliphatic carbocycles. The van der Waals surface area contributed by atoms with Gasteiger partial charge in [0.1, 0.15) is 0 Å². The van der Waals surface area contributed by atoms with Crippen LogP contribution in [0, 0.1) is 0 Å². The monoisotopic (exact) mass is 120 g/mol. The Hall–Kier alpha value is -0.120. The average Bonchev–Trinajstić information content (AvgIpc) is 1.68. The van der Waals surface area contributed by atoms with Gasteiger partial charge in [-0.05, 0) is 7.05 Å². The van der Waals surface area contributed by atoms with Crippen LogP contribution >= 0.6 is 0 Å². The van der Waals surface area contributed by atoms with Crippen molar-refractivity contribution in [2.24, 2.45) is 0 Å². The molecule has 0 heterocycles. The van der Waals surface area contributed by atoms with E-state index >= 15 is 0 Å². The van der Waals surface area contributed by atoms with Crippen LogP contribution in [0.3, 0.4) is 0 Å². The first kappa shape index (κ1) is 7.88. The molecule has 0 spiro atoms. The molecule has 0 atom stereocenters. The van der Waals surface area contributed by atoms with Crippen molar-refractivity contribution >= 4 is 0 Å². The van der Waals surface area contributed by atoms with Crippen LogP contribution in [0.4, 0.5) is 0 Å². The molecule has 0 bridgehead atoms. The van der Waals surface area contributed by atoms with E-state index in [1.165, 1.54) is 0 Å². The second-order valence-electron chi connectivity index (χ2n) is 1.75. The molecule has 0 saturated heterocycles. The molecule has 0 aliphatic heterocycles. The summed E-state index contributed by atoms with van der Waals surface area (Å²) in [7, 11) is 1.85. The highest BCUT2D eigenvalue weighted by molar-refractivity contribution is 4.45. The van der Waals surface area contributed by atoms with Gasteiger partial charge in [-0.1, -0.05) is 0 Å². The van der Waals surface area contributed by atoms with Crippen LogP contribution in [0.25, 0.3) is 0 Å². The van der Waals surface area contributed by atoms with Crippen LogP contribution in [-0.2, 0) is 0 Å². The van der Waals surface area contributed by atoms with Crippen LogP contribution in [0.15, 0.2) is 0 Å². The minimum atomic E-state index is 0.163. The number of likely N-dealkylation sites (N-methyl/N-ethyl adjacent to an activating group) is 1. The summed E-state index contributed by atoms with van der Waals surface area (Å²) < 4.78 is 0. The minimum absolute atomic E-state index is 0.163. The lowest BCUT2D eigenvalue weighted by Crippen LogP contribution is -2.25. The Morgan fingerprint density at radius 1 is 1.12 bits per heavy atom. The van der Waals surface area contributed by atoms with Crippen molar-refractivity contribution in [1.82, 2.24) is 4.90 Å². The molecular formula is C5H13NO2. The summed E-state index contributed by atoms with van der Waals surface area (Å²) in [5.41, 5.74) is 0. The second kappa shape index (κ2) is 5.03. The first-order chi connectivity index (χ1) is 3.81. The number of aliphatic hydroxyl groups is 2. The van der Waals surface area contributed by atoms with Crippen LogP contribution in [0.1, 0.15) is 0 Å². The topological polar surface area (TPSA) is 43.7 Å². The smallest absolute Gasteiger partial charge is 0.0558 e. The maximum atomic E-state index is 8.34. The fourth-order valence-electron chi connectivity index (χ4n) is 0.453. The van der Waals surface area contributed by atoms with Gasteiger partial charge in [-0.2, -0.15) is 0 Å². The highest BCUT2D eigenvalue weighted by Gasteiger charge is 1.91. The lowest BCUT2D eigenvalue weighted by Gasteiger charge is -2.11. The van der Waals surface area contributed by atoms with E-state index in [4.69, 9.17) is 10.2 Å². The third-order valence-corrected chi connectivity index (χ3v) is 0.963. The van der Waals surface area contributed by atoms with Gasteiger partial charge in [0.15, 0.2) is 0 Å². The lowest BCUT2D eigenvalue weighted by molar-refractivity contribution is 0.184. The van der Waals surface area contributed by atoms with Gasteiger partial charge in [0.25, 0.3) is 0 Å². The molecule has 0 saturated carbocycles. The molecule has 0 amide bonds. The van der Waals surface area contributed by atoms with Crippen molar-refractivity contribution in [2.45, 2.75) is 0 Å². The zero-order valence-electron chi connectivity index (χ0n) is 5.17. The third kappa shape index (κ3) is 4.05. The van der Waals surface area contributed by atoms with E-state index in [1.807, 2.05) is 11.9 Å². The highest BCUT2D eigenvalue weighted by atomic mass is 16.3. The molecule has 3 nitrogen and oxygen atoms in total. The molecule has 8 heavy (non-hydrogen) atoms. The van der Waals surface area contributed by atoms with Crippen molar-refractivity contribution in [1.29, 1.82) is 0 Å². The van der Waals surface area contributed by atoms with Gasteiger partial charge in [-0.25, -0.2) is 0 Å². The summed E-state index contributed by atoms with van der Waals surface area (Å²) >= 11 is 0. The predicted molar refractivity (Wildman–Crippen MR) is 31.7 cm³/mol. The lowest BCUT2D eigenvalue weighted by atomic mass is 10.6. The molecule has 0 aliphatic rings. The summed E-state index contributed by atoms with van der Waals surface area (Å²) in [4.78, 5) is 1.86. The summed E-state index contributed by atoms with van der Waals surface area (Å²) in [6.45, 7) is 1.61. The molecule has 0 aromatic rings. The fourth-order valence-corrected chi connectivity index (χ4v) is 0.453. The fraction of sp³-hybridized carbons (Fsp3) is 1.00. The predicted octanol–water partition coefficient (Wildman–Crippen LogP) is -1.10. The molecule has 0 radical (unpaired) electrons. The molecule has 50 valence electrons. The van der Waals surface area contributed by atoms with Crippen molar-refractivity contribution in [2.75, 3.05) is 33.4 Å². The van der Waals surface area contributed by atoms with Crippen molar-refractivity contribution in [3.63, 3.8) is 0 Å². The van der Waals surface area contributed by atoms with Gasteiger partial charge >= 0.3 is 0 Å². The van der Waals surface area contributed by atoms with E-state index in [2.05, 4.69) is 0 Å². The van der Waals surface area contributed by atoms with Gasteiger partial charge in [-0.15, -0.1) is 0 Å². The van der Waals surface area contributed by atoms with Crippen molar-refractivity contribution in [3.05, 3.63) is 0 Å². The third-order valence-electron chi connectivity index (χ3n) is 0.963. The largest absolute Gasteiger partial charge is 0.395 e. The van der Waals surface area contributed by atoms with Gasteiger partial charge < -0.3 is 15.1 Å². The first-order valence-electron chi connectivity index (χ1n) is 2.71. The Kier molecular flexibility index (Phi) is 4.95. The zero-order chi connectivity index (χ0) is 6.41. The van der Waals surface area contributed by atoms with E-state index in [1.54, 1.807) is 0 Å². The second-order valence-corrected chi connectivity index (χ2v) is 1.75. The maximum Gasteiger partial charge on any atom is 0.0558 e. The van der Waals surface area contributed by atoms with E-state index in [-0.39, 0.29) is 13.2 Å². The highest BCUT2D eigenvalue weighted by Crippen LogP contribution is 1.76. The molecule has 0 rings (SSSR count). The Balaban J connectivity index is 2.92. The quantitative estimate of drug-likeness (QED) is 0.463. The molecule has 0 aromatic heterocycles. The molecule has 0 fully saturated rings. The Bertz CT molecular complexity index is 43.7. The standard InChI is InChI=1S/C5H13NO2/c1-6(2-4-7)3-5-8/h7-8H,2-5H2,1H3/i6+1. The normalized spacial score (nSPS) is 10.5. The van der Waals surface area contributed by atoms with Crippen LogP contribution in [-0.4, -0.2) is 48.5 Å². The molecule has 3 heteroatoms. The minimum Gasteiger partial charge on any atom is -0.395 e. The maximum absolute atomic E-state index is 8.34. The summed E-state index contributed by atoms with van der Waals surface area (Å²) in [5.74, 6) is 0. The van der Waals surface area contributed by atoms with E-state index in [0.29, 0.717) is 13.1 Å². The Morgan fingerprint density at radius 3 is 1.75 bits per heavy atom. The van der Waals surface area contributed by atoms with Crippen molar-refractivity contribution in [3.8, 4) is 0 Å².